The fourth-order valence-electron chi connectivity index (χ4n) is 2.23. The van der Waals surface area contributed by atoms with E-state index in [9.17, 15) is 0 Å². The number of imidazole rings is 1. The number of halogens is 1. The smallest absolute Gasteiger partial charge is 0.151 e. The second-order valence-corrected chi connectivity index (χ2v) is 5.88. The van der Waals surface area contributed by atoms with Gasteiger partial charge in [-0.25, -0.2) is 4.98 Å². The lowest BCUT2D eigenvalue weighted by Gasteiger charge is -2.12. The van der Waals surface area contributed by atoms with Gasteiger partial charge < -0.3 is 10.3 Å². The fourth-order valence-corrected chi connectivity index (χ4v) is 2.45. The highest BCUT2D eigenvalue weighted by molar-refractivity contribution is 6.30. The lowest BCUT2D eigenvalue weighted by molar-refractivity contribution is 0.484. The van der Waals surface area contributed by atoms with E-state index in [0.717, 1.165) is 36.8 Å². The third-order valence-electron chi connectivity index (χ3n) is 3.56. The molecule has 0 aliphatic heterocycles. The van der Waals surface area contributed by atoms with Crippen LogP contribution in [0.25, 0.3) is 0 Å². The van der Waals surface area contributed by atoms with Gasteiger partial charge in [0.15, 0.2) is 5.15 Å². The molecule has 0 saturated heterocycles. The van der Waals surface area contributed by atoms with Crippen molar-refractivity contribution < 1.29 is 0 Å². The standard InChI is InChI=1S/C14H24ClN3/c1-3-4-5-13-17-12(14(15)18-13)9-16-10(2)8-11-6-7-11/h10-11,16H,3-9H2,1-2H3,(H,17,18). The van der Waals surface area contributed by atoms with Crippen molar-refractivity contribution in [3.05, 3.63) is 16.7 Å². The number of rotatable bonds is 8. The summed E-state index contributed by atoms with van der Waals surface area (Å²) in [5.74, 6) is 1.98. The fraction of sp³-hybridized carbons (Fsp3) is 0.786. The molecule has 1 fully saturated rings. The number of hydrogen-bond donors (Lipinski definition) is 2. The van der Waals surface area contributed by atoms with Crippen LogP contribution >= 0.6 is 11.6 Å². The largest absolute Gasteiger partial charge is 0.344 e. The average molecular weight is 270 g/mol. The molecule has 0 radical (unpaired) electrons. The second-order valence-electron chi connectivity index (χ2n) is 5.52. The molecule has 0 spiro atoms. The van der Waals surface area contributed by atoms with Crippen LogP contribution in [0.5, 0.6) is 0 Å². The van der Waals surface area contributed by atoms with Crippen molar-refractivity contribution in [1.82, 2.24) is 15.3 Å². The summed E-state index contributed by atoms with van der Waals surface area (Å²) in [6.45, 7) is 5.24. The number of nitrogens with zero attached hydrogens (tertiary/aromatic N) is 1. The predicted octanol–water partition coefficient (Wildman–Crippen LogP) is 3.68. The van der Waals surface area contributed by atoms with Gasteiger partial charge in [-0.1, -0.05) is 37.8 Å². The molecule has 1 heterocycles. The monoisotopic (exact) mass is 269 g/mol. The van der Waals surface area contributed by atoms with Crippen LogP contribution in [0.15, 0.2) is 0 Å². The average Bonchev–Trinajstić information content (AvgIpc) is 3.07. The minimum atomic E-state index is 0.566. The summed E-state index contributed by atoms with van der Waals surface area (Å²) < 4.78 is 0. The summed E-state index contributed by atoms with van der Waals surface area (Å²) in [5, 5.41) is 4.16. The number of hydrogen-bond acceptors (Lipinski definition) is 2. The lowest BCUT2D eigenvalue weighted by atomic mass is 10.1. The van der Waals surface area contributed by atoms with Crippen molar-refractivity contribution in [2.45, 2.75) is 65.0 Å². The molecule has 1 aromatic heterocycles. The van der Waals surface area contributed by atoms with Gasteiger partial charge in [-0.05, 0) is 25.7 Å². The highest BCUT2D eigenvalue weighted by atomic mass is 35.5. The molecule has 1 aliphatic carbocycles. The van der Waals surface area contributed by atoms with E-state index < -0.39 is 0 Å². The maximum atomic E-state index is 6.14. The Labute approximate surface area is 115 Å². The van der Waals surface area contributed by atoms with Gasteiger partial charge in [-0.3, -0.25) is 0 Å². The molecule has 0 bridgehead atoms. The number of aromatic nitrogens is 2. The zero-order valence-electron chi connectivity index (χ0n) is 11.4. The molecule has 1 saturated carbocycles. The summed E-state index contributed by atoms with van der Waals surface area (Å²) in [5.41, 5.74) is 1.03. The summed E-state index contributed by atoms with van der Waals surface area (Å²) >= 11 is 6.14. The molecule has 102 valence electrons. The van der Waals surface area contributed by atoms with E-state index in [-0.39, 0.29) is 0 Å². The van der Waals surface area contributed by atoms with Gasteiger partial charge in [0.2, 0.25) is 0 Å². The van der Waals surface area contributed by atoms with E-state index in [1.54, 1.807) is 0 Å². The number of unbranched alkanes of at least 4 members (excludes halogenated alkanes) is 1. The molecule has 0 amide bonds. The van der Waals surface area contributed by atoms with Gasteiger partial charge in [0, 0.05) is 19.0 Å². The van der Waals surface area contributed by atoms with Gasteiger partial charge in [-0.2, -0.15) is 0 Å². The maximum Gasteiger partial charge on any atom is 0.151 e. The minimum Gasteiger partial charge on any atom is -0.344 e. The molecular weight excluding hydrogens is 246 g/mol. The van der Waals surface area contributed by atoms with Crippen molar-refractivity contribution in [3.63, 3.8) is 0 Å². The Morgan fingerprint density at radius 1 is 1.50 bits per heavy atom. The summed E-state index contributed by atoms with van der Waals surface area (Å²) in [7, 11) is 0. The first-order chi connectivity index (χ1) is 8.69. The van der Waals surface area contributed by atoms with Gasteiger partial charge in [0.25, 0.3) is 0 Å². The first-order valence-electron chi connectivity index (χ1n) is 7.15. The number of nitrogens with one attached hydrogen (secondary N) is 2. The maximum absolute atomic E-state index is 6.14. The lowest BCUT2D eigenvalue weighted by Crippen LogP contribution is -2.26. The van der Waals surface area contributed by atoms with Crippen molar-refractivity contribution in [1.29, 1.82) is 0 Å². The zero-order chi connectivity index (χ0) is 13.0. The normalized spacial score (nSPS) is 17.1. The molecule has 1 atom stereocenters. The van der Waals surface area contributed by atoms with Gasteiger partial charge >= 0.3 is 0 Å². The zero-order valence-corrected chi connectivity index (χ0v) is 12.2. The highest BCUT2D eigenvalue weighted by Crippen LogP contribution is 2.33. The number of aromatic amines is 1. The van der Waals surface area contributed by atoms with Crippen molar-refractivity contribution >= 4 is 11.6 Å². The highest BCUT2D eigenvalue weighted by Gasteiger charge is 2.23. The molecule has 2 N–H and O–H groups in total. The first kappa shape index (κ1) is 13.9. The molecule has 4 heteroatoms. The molecule has 1 aromatic rings. The molecule has 2 rings (SSSR count). The second kappa shape index (κ2) is 6.58. The molecule has 1 aliphatic rings. The Hall–Kier alpha value is -0.540. The van der Waals surface area contributed by atoms with Gasteiger partial charge in [-0.15, -0.1) is 0 Å². The molecule has 0 aromatic carbocycles. The Morgan fingerprint density at radius 3 is 2.94 bits per heavy atom. The summed E-state index contributed by atoms with van der Waals surface area (Å²) in [6.07, 6.45) is 7.46. The van der Waals surface area contributed by atoms with E-state index in [2.05, 4.69) is 29.1 Å². The third kappa shape index (κ3) is 4.29. The first-order valence-corrected chi connectivity index (χ1v) is 7.53. The van der Waals surface area contributed by atoms with Crippen LogP contribution in [0.3, 0.4) is 0 Å². The Balaban J connectivity index is 1.78. The molecule has 18 heavy (non-hydrogen) atoms. The predicted molar refractivity (Wildman–Crippen MR) is 75.9 cm³/mol. The van der Waals surface area contributed by atoms with Crippen LogP contribution in [-0.4, -0.2) is 16.0 Å². The van der Waals surface area contributed by atoms with Crippen LogP contribution in [-0.2, 0) is 13.0 Å². The van der Waals surface area contributed by atoms with E-state index in [1.165, 1.54) is 25.7 Å². The van der Waals surface area contributed by atoms with Crippen molar-refractivity contribution in [2.24, 2.45) is 5.92 Å². The number of H-pyrrole nitrogens is 1. The van der Waals surface area contributed by atoms with Crippen LogP contribution in [0, 0.1) is 5.92 Å². The van der Waals surface area contributed by atoms with Crippen molar-refractivity contribution in [3.8, 4) is 0 Å². The summed E-state index contributed by atoms with van der Waals surface area (Å²) in [6, 6.07) is 0.566. The summed E-state index contributed by atoms with van der Waals surface area (Å²) in [4.78, 5) is 7.70. The molecular formula is C14H24ClN3. The quantitative estimate of drug-likeness (QED) is 0.756. The Kier molecular flexibility index (Phi) is 5.07. The third-order valence-corrected chi connectivity index (χ3v) is 3.87. The van der Waals surface area contributed by atoms with Crippen molar-refractivity contribution in [2.75, 3.05) is 0 Å². The van der Waals surface area contributed by atoms with Crippen LogP contribution in [0.1, 0.15) is 57.5 Å². The van der Waals surface area contributed by atoms with E-state index in [1.807, 2.05) is 0 Å². The Bertz CT molecular complexity index is 371. The van der Waals surface area contributed by atoms with Crippen LogP contribution < -0.4 is 5.32 Å². The SMILES string of the molecule is CCCCc1nc(Cl)c(CNC(C)CC2CC2)[nH]1. The Morgan fingerprint density at radius 2 is 2.28 bits per heavy atom. The van der Waals surface area contributed by atoms with Gasteiger partial charge in [0.1, 0.15) is 5.82 Å². The topological polar surface area (TPSA) is 40.7 Å². The van der Waals surface area contributed by atoms with E-state index >= 15 is 0 Å². The number of aryl methyl sites for hydroxylation is 1. The molecule has 1 unspecified atom stereocenters. The van der Waals surface area contributed by atoms with Crippen LogP contribution in [0.4, 0.5) is 0 Å². The van der Waals surface area contributed by atoms with E-state index in [0.29, 0.717) is 11.2 Å². The minimum absolute atomic E-state index is 0.566. The van der Waals surface area contributed by atoms with E-state index in [4.69, 9.17) is 11.6 Å². The molecule has 3 nitrogen and oxygen atoms in total. The van der Waals surface area contributed by atoms with Gasteiger partial charge in [0.05, 0.1) is 5.69 Å². The van der Waals surface area contributed by atoms with Crippen LogP contribution in [0.2, 0.25) is 5.15 Å².